The summed E-state index contributed by atoms with van der Waals surface area (Å²) in [6.07, 6.45) is 6.65. The van der Waals surface area contributed by atoms with Gasteiger partial charge >= 0.3 is 0 Å². The van der Waals surface area contributed by atoms with E-state index in [1.54, 1.807) is 0 Å². The quantitative estimate of drug-likeness (QED) is 0.473. The lowest BCUT2D eigenvalue weighted by Crippen LogP contribution is -2.27. The first kappa shape index (κ1) is 11.2. The van der Waals surface area contributed by atoms with Crippen LogP contribution < -0.4 is 0 Å². The van der Waals surface area contributed by atoms with Crippen LogP contribution in [0.15, 0.2) is 0 Å². The number of unbranched alkanes of at least 4 members (excludes halogenated alkanes) is 3. The second-order valence-electron chi connectivity index (χ2n) is 3.56. The van der Waals surface area contributed by atoms with E-state index in [1.807, 2.05) is 0 Å². The lowest BCUT2D eigenvalue weighted by molar-refractivity contribution is 0.117. The molecule has 1 nitrogen and oxygen atoms in total. The van der Waals surface area contributed by atoms with E-state index in [0.29, 0.717) is 6.42 Å². The van der Waals surface area contributed by atoms with Crippen molar-refractivity contribution in [2.45, 2.75) is 50.7 Å². The molecule has 0 aliphatic rings. The van der Waals surface area contributed by atoms with Crippen molar-refractivity contribution in [3.63, 3.8) is 0 Å². The van der Waals surface area contributed by atoms with E-state index >= 15 is 0 Å². The average Bonchev–Trinajstić information content (AvgIpc) is 1.99. The molecule has 0 fully saturated rings. The summed E-state index contributed by atoms with van der Waals surface area (Å²) in [4.78, 5) is 0. The molecule has 67 valence electrons. The minimum atomic E-state index is -0.381. The maximum atomic E-state index is 9.62. The van der Waals surface area contributed by atoms with Crippen LogP contribution in [0.25, 0.3) is 0 Å². The highest BCUT2D eigenvalue weighted by molar-refractivity contribution is 6.14. The second-order valence-corrected chi connectivity index (χ2v) is 5.42. The summed E-state index contributed by atoms with van der Waals surface area (Å²) in [7, 11) is 0.860. The number of rotatable bonds is 6. The van der Waals surface area contributed by atoms with Gasteiger partial charge in [0.15, 0.2) is 0 Å². The Bertz CT molecular complexity index is 91.6. The maximum absolute atomic E-state index is 9.62. The fourth-order valence-corrected chi connectivity index (χ4v) is 1.41. The Labute approximate surface area is 73.6 Å². The van der Waals surface area contributed by atoms with Crippen LogP contribution in [-0.4, -0.2) is 20.6 Å². The number of aliphatic hydroxyl groups is 1. The molecule has 0 aromatic rings. The van der Waals surface area contributed by atoms with E-state index in [9.17, 15) is 5.11 Å². The van der Waals surface area contributed by atoms with E-state index in [2.05, 4.69) is 13.8 Å². The van der Waals surface area contributed by atoms with Crippen LogP contribution in [0.2, 0.25) is 0 Å². The molecular formula is C9H21OSi. The van der Waals surface area contributed by atoms with Crippen molar-refractivity contribution in [1.82, 2.24) is 0 Å². The fourth-order valence-electron chi connectivity index (χ4n) is 1.06. The van der Waals surface area contributed by atoms with Gasteiger partial charge in [-0.1, -0.05) is 39.5 Å². The molecule has 0 aromatic heterocycles. The lowest BCUT2D eigenvalue weighted by Gasteiger charge is -2.20. The van der Waals surface area contributed by atoms with E-state index in [0.717, 1.165) is 16.7 Å². The predicted octanol–water partition coefficient (Wildman–Crippen LogP) is 1.23. The molecule has 0 spiro atoms. The standard InChI is InChI=1S/C9H21OSi/c1-3-5-6-7-8-9(10,11)4-2/h10H,2-8H2,1,11H3. The van der Waals surface area contributed by atoms with E-state index in [-0.39, 0.29) is 5.22 Å². The molecule has 0 aliphatic heterocycles. The smallest absolute Gasteiger partial charge is 0.0452 e. The van der Waals surface area contributed by atoms with Crippen molar-refractivity contribution >= 4 is 10.2 Å². The zero-order chi connectivity index (χ0) is 8.74. The van der Waals surface area contributed by atoms with Gasteiger partial charge in [0, 0.05) is 15.5 Å². The van der Waals surface area contributed by atoms with Crippen LogP contribution >= 0.6 is 0 Å². The van der Waals surface area contributed by atoms with E-state index in [4.69, 9.17) is 0 Å². The third-order valence-corrected chi connectivity index (χ3v) is 3.11. The zero-order valence-electron chi connectivity index (χ0n) is 7.90. The molecule has 0 aromatic carbocycles. The van der Waals surface area contributed by atoms with Crippen molar-refractivity contribution in [1.29, 1.82) is 0 Å². The molecule has 0 saturated carbocycles. The Balaban J connectivity index is 3.23. The molecule has 1 atom stereocenters. The van der Waals surface area contributed by atoms with Crippen LogP contribution in [0.1, 0.15) is 45.4 Å². The van der Waals surface area contributed by atoms with Crippen LogP contribution in [-0.2, 0) is 0 Å². The average molecular weight is 173 g/mol. The highest BCUT2D eigenvalue weighted by Gasteiger charge is 2.15. The zero-order valence-corrected chi connectivity index (χ0v) is 9.90. The lowest BCUT2D eigenvalue weighted by atomic mass is 10.1. The van der Waals surface area contributed by atoms with Gasteiger partial charge in [0.2, 0.25) is 0 Å². The molecule has 0 bridgehead atoms. The van der Waals surface area contributed by atoms with Gasteiger partial charge in [-0.2, -0.15) is 0 Å². The summed E-state index contributed by atoms with van der Waals surface area (Å²) in [6, 6.07) is 0. The molecule has 2 heteroatoms. The van der Waals surface area contributed by atoms with Gasteiger partial charge in [-0.25, -0.2) is 0 Å². The normalized spacial score (nSPS) is 16.6. The molecule has 1 radical (unpaired) electrons. The van der Waals surface area contributed by atoms with Gasteiger partial charge in [0.1, 0.15) is 0 Å². The van der Waals surface area contributed by atoms with Crippen molar-refractivity contribution < 1.29 is 5.11 Å². The van der Waals surface area contributed by atoms with E-state index in [1.165, 1.54) is 25.7 Å². The largest absolute Gasteiger partial charge is 0.394 e. The van der Waals surface area contributed by atoms with Gasteiger partial charge in [0.25, 0.3) is 0 Å². The minimum absolute atomic E-state index is 0.381. The van der Waals surface area contributed by atoms with Crippen LogP contribution in [0.3, 0.4) is 0 Å². The first-order valence-corrected chi connectivity index (χ1v) is 5.64. The molecule has 11 heavy (non-hydrogen) atoms. The number of hydrogen-bond donors (Lipinski definition) is 1. The van der Waals surface area contributed by atoms with Crippen molar-refractivity contribution in [3.05, 3.63) is 6.92 Å². The maximum Gasteiger partial charge on any atom is 0.0452 e. The Morgan fingerprint density at radius 2 is 2.00 bits per heavy atom. The topological polar surface area (TPSA) is 20.2 Å². The highest BCUT2D eigenvalue weighted by Crippen LogP contribution is 2.14. The Hall–Kier alpha value is 0.177. The summed E-state index contributed by atoms with van der Waals surface area (Å²) >= 11 is 0. The van der Waals surface area contributed by atoms with Crippen molar-refractivity contribution in [2.75, 3.05) is 0 Å². The summed E-state index contributed by atoms with van der Waals surface area (Å²) in [5.74, 6) is 0. The SMILES string of the molecule is [CH2]CC(O)([SiH3])CCCCCC. The monoisotopic (exact) mass is 173 g/mol. The van der Waals surface area contributed by atoms with Crippen LogP contribution in [0.5, 0.6) is 0 Å². The van der Waals surface area contributed by atoms with Crippen molar-refractivity contribution in [3.8, 4) is 0 Å². The Morgan fingerprint density at radius 1 is 1.36 bits per heavy atom. The molecule has 0 amide bonds. The number of hydrogen-bond acceptors (Lipinski definition) is 1. The highest BCUT2D eigenvalue weighted by atomic mass is 28.1. The molecule has 0 heterocycles. The summed E-state index contributed by atoms with van der Waals surface area (Å²) < 4.78 is 0. The fraction of sp³-hybridized carbons (Fsp3) is 0.889. The Kier molecular flexibility index (Phi) is 5.87. The summed E-state index contributed by atoms with van der Waals surface area (Å²) in [6.45, 7) is 5.94. The molecule has 1 unspecified atom stereocenters. The molecule has 0 aliphatic carbocycles. The first-order chi connectivity index (χ1) is 5.12. The third kappa shape index (κ3) is 6.57. The molecule has 1 N–H and O–H groups in total. The van der Waals surface area contributed by atoms with Gasteiger partial charge < -0.3 is 5.11 Å². The summed E-state index contributed by atoms with van der Waals surface area (Å²) in [5.41, 5.74) is 0. The second kappa shape index (κ2) is 5.78. The third-order valence-electron chi connectivity index (χ3n) is 2.11. The van der Waals surface area contributed by atoms with Gasteiger partial charge in [-0.15, -0.1) is 0 Å². The van der Waals surface area contributed by atoms with Crippen LogP contribution in [0.4, 0.5) is 0 Å². The molecule has 0 rings (SSSR count). The first-order valence-electron chi connectivity index (χ1n) is 4.64. The minimum Gasteiger partial charge on any atom is -0.394 e. The predicted molar refractivity (Wildman–Crippen MR) is 53.6 cm³/mol. The molecule has 0 saturated heterocycles. The van der Waals surface area contributed by atoms with Gasteiger partial charge in [0.05, 0.1) is 0 Å². The van der Waals surface area contributed by atoms with Crippen LogP contribution in [0, 0.1) is 6.92 Å². The van der Waals surface area contributed by atoms with Gasteiger partial charge in [-0.3, -0.25) is 0 Å². The van der Waals surface area contributed by atoms with Gasteiger partial charge in [-0.05, 0) is 12.8 Å². The summed E-state index contributed by atoms with van der Waals surface area (Å²) in [5, 5.41) is 9.24. The Morgan fingerprint density at radius 3 is 2.45 bits per heavy atom. The van der Waals surface area contributed by atoms with Crippen molar-refractivity contribution in [2.24, 2.45) is 0 Å². The molecular weight excluding hydrogens is 152 g/mol. The van der Waals surface area contributed by atoms with E-state index < -0.39 is 0 Å².